The van der Waals surface area contributed by atoms with Crippen LogP contribution in [0, 0.1) is 6.92 Å². The molecule has 1 aliphatic heterocycles. The Morgan fingerprint density at radius 1 is 0.805 bits per heavy atom. The summed E-state index contributed by atoms with van der Waals surface area (Å²) in [6.07, 6.45) is 0.608. The standard InChI is InChI=1S/C33H26N6O2/c1-21-34-39(33(41)37(21)36-32-28-14-8-6-12-26(28)27-13-7-9-15-29(27)32)25-18-16-23(17-19-25)30-20-31(38(35-30)22(2)40)24-10-4-3-5-11-24/h3-19,31H,20H2,1-2H3. The number of hydrogen-bond acceptors (Lipinski definition) is 5. The number of benzene rings is 4. The van der Waals surface area contributed by atoms with Crippen LogP contribution in [-0.2, 0) is 4.79 Å². The van der Waals surface area contributed by atoms with Crippen LogP contribution in [0.25, 0.3) is 16.8 Å². The number of aryl methyl sites for hydroxylation is 1. The molecule has 5 aromatic rings. The number of amides is 1. The maximum atomic E-state index is 13.5. The number of rotatable bonds is 4. The number of carbonyl (C=O) groups excluding carboxylic acids is 1. The minimum atomic E-state index is -0.352. The zero-order valence-corrected chi connectivity index (χ0v) is 22.6. The first-order valence-corrected chi connectivity index (χ1v) is 13.5. The van der Waals surface area contributed by atoms with Gasteiger partial charge in [-0.15, -0.1) is 5.10 Å². The molecule has 41 heavy (non-hydrogen) atoms. The van der Waals surface area contributed by atoms with Gasteiger partial charge < -0.3 is 0 Å². The first-order valence-electron chi connectivity index (χ1n) is 13.5. The van der Waals surface area contributed by atoms with Crippen LogP contribution in [0.2, 0.25) is 0 Å². The molecule has 1 amide bonds. The highest BCUT2D eigenvalue weighted by Gasteiger charge is 2.31. The molecule has 1 atom stereocenters. The molecule has 200 valence electrons. The van der Waals surface area contributed by atoms with Crippen LogP contribution in [0.1, 0.15) is 47.5 Å². The third-order valence-corrected chi connectivity index (χ3v) is 7.63. The SMILES string of the molecule is CC(=O)N1N=C(c2ccc(-n3nc(C)n(N=C4c5ccccc5-c5ccccc54)c3=O)cc2)CC1c1ccccc1. The first kappa shape index (κ1) is 24.7. The van der Waals surface area contributed by atoms with Crippen molar-refractivity contribution in [3.63, 3.8) is 0 Å². The largest absolute Gasteiger partial charge is 0.371 e. The van der Waals surface area contributed by atoms with E-state index in [0.29, 0.717) is 17.9 Å². The summed E-state index contributed by atoms with van der Waals surface area (Å²) in [4.78, 5) is 25.9. The lowest BCUT2D eigenvalue weighted by atomic mass is 9.98. The van der Waals surface area contributed by atoms with Gasteiger partial charge in [0.2, 0.25) is 5.91 Å². The first-order chi connectivity index (χ1) is 20.0. The molecule has 0 bridgehead atoms. The maximum absolute atomic E-state index is 13.5. The Morgan fingerprint density at radius 2 is 1.39 bits per heavy atom. The van der Waals surface area contributed by atoms with Gasteiger partial charge in [-0.05, 0) is 41.3 Å². The van der Waals surface area contributed by atoms with Crippen LogP contribution in [0.15, 0.2) is 118 Å². The van der Waals surface area contributed by atoms with Gasteiger partial charge in [0.05, 0.1) is 23.2 Å². The fourth-order valence-corrected chi connectivity index (χ4v) is 5.65. The van der Waals surface area contributed by atoms with Crippen molar-refractivity contribution in [1.29, 1.82) is 0 Å². The summed E-state index contributed by atoms with van der Waals surface area (Å²) in [7, 11) is 0. The second-order valence-corrected chi connectivity index (χ2v) is 10.2. The molecule has 8 nitrogen and oxygen atoms in total. The van der Waals surface area contributed by atoms with Gasteiger partial charge in [-0.1, -0.05) is 91.0 Å². The molecular formula is C33H26N6O2. The maximum Gasteiger partial charge on any atom is 0.371 e. The van der Waals surface area contributed by atoms with Gasteiger partial charge in [0.25, 0.3) is 0 Å². The highest BCUT2D eigenvalue weighted by molar-refractivity contribution is 6.24. The van der Waals surface area contributed by atoms with Gasteiger partial charge in [-0.3, -0.25) is 4.79 Å². The van der Waals surface area contributed by atoms with E-state index >= 15 is 0 Å². The Balaban J connectivity index is 1.21. The topological polar surface area (TPSA) is 84.8 Å². The van der Waals surface area contributed by atoms with Crippen LogP contribution in [0.5, 0.6) is 0 Å². The van der Waals surface area contributed by atoms with Gasteiger partial charge >= 0.3 is 5.69 Å². The summed E-state index contributed by atoms with van der Waals surface area (Å²) in [6.45, 7) is 3.30. The highest BCUT2D eigenvalue weighted by Crippen LogP contribution is 2.37. The lowest BCUT2D eigenvalue weighted by Crippen LogP contribution is -2.24. The average Bonchev–Trinajstić information content (AvgIpc) is 3.67. The van der Waals surface area contributed by atoms with Gasteiger partial charge in [-0.25, -0.2) is 9.80 Å². The summed E-state index contributed by atoms with van der Waals surface area (Å²) < 4.78 is 2.72. The van der Waals surface area contributed by atoms with Crippen molar-refractivity contribution in [3.05, 3.63) is 142 Å². The molecule has 2 heterocycles. The third-order valence-electron chi connectivity index (χ3n) is 7.63. The van der Waals surface area contributed by atoms with Crippen molar-refractivity contribution in [2.45, 2.75) is 26.3 Å². The zero-order valence-electron chi connectivity index (χ0n) is 22.6. The van der Waals surface area contributed by atoms with Crippen molar-refractivity contribution in [3.8, 4) is 16.8 Å². The lowest BCUT2D eigenvalue weighted by molar-refractivity contribution is -0.130. The summed E-state index contributed by atoms with van der Waals surface area (Å²) in [6, 6.07) is 33.5. The van der Waals surface area contributed by atoms with E-state index in [-0.39, 0.29) is 17.6 Å². The molecule has 0 saturated carbocycles. The number of hydrogen-bond donors (Lipinski definition) is 0. The van der Waals surface area contributed by atoms with E-state index in [1.54, 1.807) is 11.9 Å². The zero-order chi connectivity index (χ0) is 28.1. The molecule has 1 aliphatic carbocycles. The number of fused-ring (bicyclic) bond motifs is 3. The number of hydrazone groups is 1. The molecule has 0 radical (unpaired) electrons. The van der Waals surface area contributed by atoms with E-state index in [2.05, 4.69) is 22.3 Å². The Hall–Kier alpha value is -5.37. The van der Waals surface area contributed by atoms with Crippen molar-refractivity contribution in [2.75, 3.05) is 0 Å². The van der Waals surface area contributed by atoms with Gasteiger partial charge in [0.1, 0.15) is 0 Å². The van der Waals surface area contributed by atoms with Gasteiger partial charge in [0, 0.05) is 24.5 Å². The molecule has 1 aromatic heterocycles. The number of nitrogens with zero attached hydrogens (tertiary/aromatic N) is 6. The lowest BCUT2D eigenvalue weighted by Gasteiger charge is -2.20. The minimum absolute atomic E-state index is 0.104. The molecule has 0 spiro atoms. The smallest absolute Gasteiger partial charge is 0.273 e. The number of aromatic nitrogens is 3. The predicted molar refractivity (Wildman–Crippen MR) is 158 cm³/mol. The van der Waals surface area contributed by atoms with Crippen LogP contribution in [0.3, 0.4) is 0 Å². The molecule has 7 rings (SSSR count). The molecule has 8 heteroatoms. The second kappa shape index (κ2) is 9.67. The molecular weight excluding hydrogens is 512 g/mol. The fraction of sp³-hybridized carbons (Fsp3) is 0.121. The van der Waals surface area contributed by atoms with E-state index in [1.165, 1.54) is 16.3 Å². The normalized spacial score (nSPS) is 15.5. The Labute approximate surface area is 236 Å². The Kier molecular flexibility index (Phi) is 5.82. The van der Waals surface area contributed by atoms with E-state index in [0.717, 1.165) is 44.8 Å². The Bertz CT molecular complexity index is 1890. The fourth-order valence-electron chi connectivity index (χ4n) is 5.65. The van der Waals surface area contributed by atoms with E-state index < -0.39 is 0 Å². The highest BCUT2D eigenvalue weighted by atomic mass is 16.2. The third kappa shape index (κ3) is 4.12. The summed E-state index contributed by atoms with van der Waals surface area (Å²) in [5.74, 6) is 0.378. The average molecular weight is 539 g/mol. The van der Waals surface area contributed by atoms with Gasteiger partial charge in [0.15, 0.2) is 5.82 Å². The molecule has 0 fully saturated rings. The van der Waals surface area contributed by atoms with E-state index in [1.807, 2.05) is 91.0 Å². The predicted octanol–water partition coefficient (Wildman–Crippen LogP) is 5.32. The summed E-state index contributed by atoms with van der Waals surface area (Å²) in [5.41, 5.74) is 7.95. The quantitative estimate of drug-likeness (QED) is 0.305. The van der Waals surface area contributed by atoms with E-state index in [4.69, 9.17) is 5.10 Å². The van der Waals surface area contributed by atoms with Crippen molar-refractivity contribution in [1.82, 2.24) is 19.5 Å². The van der Waals surface area contributed by atoms with Crippen LogP contribution < -0.4 is 5.69 Å². The van der Waals surface area contributed by atoms with Gasteiger partial charge in [-0.2, -0.15) is 19.6 Å². The van der Waals surface area contributed by atoms with E-state index in [9.17, 15) is 9.59 Å². The molecule has 2 aliphatic rings. The summed E-state index contributed by atoms with van der Waals surface area (Å²) in [5, 5.41) is 15.5. The minimum Gasteiger partial charge on any atom is -0.273 e. The monoisotopic (exact) mass is 538 g/mol. The van der Waals surface area contributed by atoms with Crippen LogP contribution in [0.4, 0.5) is 0 Å². The second-order valence-electron chi connectivity index (χ2n) is 10.2. The van der Waals surface area contributed by atoms with Crippen molar-refractivity contribution < 1.29 is 4.79 Å². The molecule has 0 saturated heterocycles. The molecule has 4 aromatic carbocycles. The Morgan fingerprint density at radius 3 is 2.00 bits per heavy atom. The number of carbonyl (C=O) groups is 1. The van der Waals surface area contributed by atoms with Crippen LogP contribution in [-0.4, -0.2) is 36.8 Å². The molecule has 0 N–H and O–H groups in total. The van der Waals surface area contributed by atoms with Crippen LogP contribution >= 0.6 is 0 Å². The van der Waals surface area contributed by atoms with Crippen molar-refractivity contribution >= 4 is 17.3 Å². The molecule has 1 unspecified atom stereocenters. The summed E-state index contributed by atoms with van der Waals surface area (Å²) >= 11 is 0. The van der Waals surface area contributed by atoms with Crippen molar-refractivity contribution in [2.24, 2.45) is 10.2 Å².